The zero-order valence-electron chi connectivity index (χ0n) is 13.9. The Kier molecular flexibility index (Phi) is 6.36. The molecule has 0 aromatic heterocycles. The van der Waals surface area contributed by atoms with Gasteiger partial charge in [0.2, 0.25) is 0 Å². The first kappa shape index (κ1) is 17.7. The van der Waals surface area contributed by atoms with Gasteiger partial charge in [-0.1, -0.05) is 18.2 Å². The Morgan fingerprint density at radius 3 is 2.91 bits per heavy atom. The van der Waals surface area contributed by atoms with E-state index >= 15 is 0 Å². The molecule has 0 spiro atoms. The molecule has 0 unspecified atom stereocenters. The number of rotatable bonds is 5. The smallest absolute Gasteiger partial charge is 0.317 e. The Morgan fingerprint density at radius 2 is 2.22 bits per heavy atom. The number of morpholine rings is 1. The van der Waals surface area contributed by atoms with Crippen LogP contribution in [0.2, 0.25) is 0 Å². The van der Waals surface area contributed by atoms with E-state index in [1.807, 2.05) is 13.8 Å². The Bertz CT molecular complexity index is 526. The second-order valence-electron chi connectivity index (χ2n) is 6.08. The number of urea groups is 1. The molecule has 23 heavy (non-hydrogen) atoms. The van der Waals surface area contributed by atoms with E-state index in [0.717, 1.165) is 0 Å². The summed E-state index contributed by atoms with van der Waals surface area (Å²) in [7, 11) is 1.61. The number of halogens is 1. The van der Waals surface area contributed by atoms with E-state index in [1.54, 1.807) is 30.2 Å². The number of methoxy groups -OCH3 is 1. The number of carbonyl (C=O) groups excluding carboxylic acids is 1. The largest absolute Gasteiger partial charge is 0.382 e. The molecule has 3 atom stereocenters. The summed E-state index contributed by atoms with van der Waals surface area (Å²) < 4.78 is 24.5. The molecule has 1 heterocycles. The highest BCUT2D eigenvalue weighted by atomic mass is 19.1. The van der Waals surface area contributed by atoms with E-state index in [0.29, 0.717) is 31.7 Å². The predicted molar refractivity (Wildman–Crippen MR) is 85.9 cm³/mol. The van der Waals surface area contributed by atoms with Crippen LogP contribution in [0.3, 0.4) is 0 Å². The Hall–Kier alpha value is -1.66. The highest BCUT2D eigenvalue weighted by Crippen LogP contribution is 2.13. The summed E-state index contributed by atoms with van der Waals surface area (Å²) in [5.41, 5.74) is 0.605. The molecule has 0 aliphatic carbocycles. The number of nitrogens with one attached hydrogen (secondary N) is 1. The third-order valence-corrected chi connectivity index (χ3v) is 3.82. The van der Waals surface area contributed by atoms with Gasteiger partial charge in [0.05, 0.1) is 25.4 Å². The van der Waals surface area contributed by atoms with Crippen LogP contribution in [0, 0.1) is 5.82 Å². The van der Waals surface area contributed by atoms with Crippen molar-refractivity contribution in [3.05, 3.63) is 35.6 Å². The first-order valence-corrected chi connectivity index (χ1v) is 7.92. The van der Waals surface area contributed by atoms with Crippen LogP contribution in [0.1, 0.15) is 19.4 Å². The summed E-state index contributed by atoms with van der Waals surface area (Å²) in [6, 6.07) is 6.33. The molecule has 1 aromatic carbocycles. The van der Waals surface area contributed by atoms with Crippen molar-refractivity contribution in [2.24, 2.45) is 0 Å². The van der Waals surface area contributed by atoms with Crippen LogP contribution in [0.15, 0.2) is 24.3 Å². The summed E-state index contributed by atoms with van der Waals surface area (Å²) in [5.74, 6) is -0.242. The quantitative estimate of drug-likeness (QED) is 0.903. The van der Waals surface area contributed by atoms with Crippen molar-refractivity contribution in [1.29, 1.82) is 0 Å². The lowest BCUT2D eigenvalue weighted by molar-refractivity contribution is -0.0898. The number of carbonyl (C=O) groups is 1. The number of benzene rings is 1. The van der Waals surface area contributed by atoms with Crippen LogP contribution in [-0.2, 0) is 15.9 Å². The lowest BCUT2D eigenvalue weighted by atomic mass is 10.1. The second kappa shape index (κ2) is 8.26. The van der Waals surface area contributed by atoms with Gasteiger partial charge in [0.1, 0.15) is 5.82 Å². The molecule has 1 fully saturated rings. The van der Waals surface area contributed by atoms with Gasteiger partial charge >= 0.3 is 6.03 Å². The van der Waals surface area contributed by atoms with Gasteiger partial charge in [-0.2, -0.15) is 0 Å². The van der Waals surface area contributed by atoms with Crippen molar-refractivity contribution in [2.75, 3.05) is 26.8 Å². The molecule has 0 bridgehead atoms. The van der Waals surface area contributed by atoms with Crippen molar-refractivity contribution >= 4 is 6.03 Å². The van der Waals surface area contributed by atoms with Crippen LogP contribution < -0.4 is 5.32 Å². The van der Waals surface area contributed by atoms with E-state index in [1.165, 1.54) is 6.07 Å². The predicted octanol–water partition coefficient (Wildman–Crippen LogP) is 2.20. The van der Waals surface area contributed by atoms with Gasteiger partial charge in [-0.3, -0.25) is 0 Å². The molecule has 1 aliphatic rings. The van der Waals surface area contributed by atoms with Crippen LogP contribution in [0.25, 0.3) is 0 Å². The third-order valence-electron chi connectivity index (χ3n) is 3.82. The molecule has 5 nitrogen and oxygen atoms in total. The number of nitrogens with zero attached hydrogens (tertiary/aromatic N) is 1. The van der Waals surface area contributed by atoms with Crippen LogP contribution in [0.4, 0.5) is 9.18 Å². The Labute approximate surface area is 136 Å². The molecular weight excluding hydrogens is 299 g/mol. The van der Waals surface area contributed by atoms with Gasteiger partial charge in [0.15, 0.2) is 0 Å². The molecule has 2 rings (SSSR count). The van der Waals surface area contributed by atoms with Gasteiger partial charge in [0, 0.05) is 19.7 Å². The molecule has 6 heteroatoms. The van der Waals surface area contributed by atoms with Gasteiger partial charge in [0.25, 0.3) is 0 Å². The first-order chi connectivity index (χ1) is 11.0. The topological polar surface area (TPSA) is 50.8 Å². The monoisotopic (exact) mass is 324 g/mol. The molecule has 1 N–H and O–H groups in total. The highest BCUT2D eigenvalue weighted by Gasteiger charge is 2.28. The molecule has 1 saturated heterocycles. The maximum absolute atomic E-state index is 13.7. The lowest BCUT2D eigenvalue weighted by Crippen LogP contribution is -2.54. The highest BCUT2D eigenvalue weighted by molar-refractivity contribution is 5.74. The summed E-state index contributed by atoms with van der Waals surface area (Å²) in [5, 5.41) is 2.93. The fourth-order valence-electron chi connectivity index (χ4n) is 2.84. The second-order valence-corrected chi connectivity index (χ2v) is 6.08. The zero-order valence-corrected chi connectivity index (χ0v) is 13.9. The lowest BCUT2D eigenvalue weighted by Gasteiger charge is -2.37. The minimum Gasteiger partial charge on any atom is -0.382 e. The van der Waals surface area contributed by atoms with Crippen molar-refractivity contribution in [3.8, 4) is 0 Å². The minimum atomic E-state index is -0.242. The van der Waals surface area contributed by atoms with Gasteiger partial charge in [-0.25, -0.2) is 9.18 Å². The Morgan fingerprint density at radius 1 is 1.48 bits per heavy atom. The first-order valence-electron chi connectivity index (χ1n) is 7.92. The number of amides is 2. The van der Waals surface area contributed by atoms with Crippen molar-refractivity contribution in [3.63, 3.8) is 0 Å². The van der Waals surface area contributed by atoms with E-state index in [-0.39, 0.29) is 30.1 Å². The van der Waals surface area contributed by atoms with Crippen LogP contribution >= 0.6 is 0 Å². The average Bonchev–Trinajstić information content (AvgIpc) is 2.49. The fourth-order valence-corrected chi connectivity index (χ4v) is 2.84. The summed E-state index contributed by atoms with van der Waals surface area (Å²) >= 11 is 0. The van der Waals surface area contributed by atoms with E-state index in [2.05, 4.69) is 5.32 Å². The number of hydrogen-bond acceptors (Lipinski definition) is 3. The average molecular weight is 324 g/mol. The van der Waals surface area contributed by atoms with E-state index in [9.17, 15) is 9.18 Å². The molecule has 0 radical (unpaired) electrons. The standard InChI is InChI=1S/C17H25FN2O3/c1-12(8-14-6-4-5-7-16(14)18)19-17(21)20-9-13(2)23-15(10-20)11-22-3/h4-7,12-13,15H,8-11H2,1-3H3,(H,19,21)/t12-,13+,15-/m0/s1. The summed E-state index contributed by atoms with van der Waals surface area (Å²) in [4.78, 5) is 14.1. The minimum absolute atomic E-state index is 0.0310. The van der Waals surface area contributed by atoms with Crippen LogP contribution in [0.5, 0.6) is 0 Å². The van der Waals surface area contributed by atoms with Crippen molar-refractivity contribution in [2.45, 2.75) is 38.5 Å². The summed E-state index contributed by atoms with van der Waals surface area (Å²) in [6.45, 7) is 5.31. The maximum atomic E-state index is 13.7. The molecule has 1 aromatic rings. The van der Waals surface area contributed by atoms with Gasteiger partial charge in [-0.05, 0) is 31.9 Å². The molecule has 128 valence electrons. The third kappa shape index (κ3) is 5.18. The fraction of sp³-hybridized carbons (Fsp3) is 0.588. The molecule has 2 amide bonds. The molecule has 1 aliphatic heterocycles. The van der Waals surface area contributed by atoms with Crippen LogP contribution in [-0.4, -0.2) is 56.0 Å². The maximum Gasteiger partial charge on any atom is 0.317 e. The normalized spacial score (nSPS) is 22.7. The Balaban J connectivity index is 1.89. The molecule has 0 saturated carbocycles. The van der Waals surface area contributed by atoms with Crippen molar-refractivity contribution in [1.82, 2.24) is 10.2 Å². The van der Waals surface area contributed by atoms with Crippen molar-refractivity contribution < 1.29 is 18.7 Å². The SMILES string of the molecule is COC[C@@H]1CN(C(=O)N[C@@H](C)Cc2ccccc2F)C[C@@H](C)O1. The number of hydrogen-bond donors (Lipinski definition) is 1. The molecular formula is C17H25FN2O3. The van der Waals surface area contributed by atoms with Gasteiger partial charge < -0.3 is 19.7 Å². The summed E-state index contributed by atoms with van der Waals surface area (Å²) in [6.07, 6.45) is 0.313. The van der Waals surface area contributed by atoms with E-state index in [4.69, 9.17) is 9.47 Å². The van der Waals surface area contributed by atoms with E-state index < -0.39 is 0 Å². The van der Waals surface area contributed by atoms with Gasteiger partial charge in [-0.15, -0.1) is 0 Å². The zero-order chi connectivity index (χ0) is 16.8. The number of ether oxygens (including phenoxy) is 2.